The summed E-state index contributed by atoms with van der Waals surface area (Å²) in [6.45, 7) is -0.453. The number of aromatic carboxylic acids is 1. The van der Waals surface area contributed by atoms with Gasteiger partial charge < -0.3 is 24.6 Å². The highest BCUT2D eigenvalue weighted by Crippen LogP contribution is 2.32. The van der Waals surface area contributed by atoms with Gasteiger partial charge in [-0.3, -0.25) is 4.68 Å². The van der Waals surface area contributed by atoms with Crippen molar-refractivity contribution in [3.05, 3.63) is 47.4 Å². The maximum absolute atomic E-state index is 14.4. The predicted molar refractivity (Wildman–Crippen MR) is 99.3 cm³/mol. The van der Waals surface area contributed by atoms with Crippen molar-refractivity contribution >= 4 is 17.7 Å². The molecule has 2 N–H and O–H groups in total. The molecule has 3 aromatic rings. The summed E-state index contributed by atoms with van der Waals surface area (Å²) in [6.07, 6.45) is 2.58. The molecule has 0 unspecified atom stereocenters. The molecule has 0 atom stereocenters. The summed E-state index contributed by atoms with van der Waals surface area (Å²) in [5.41, 5.74) is -0.512. The number of nitrogens with one attached hydrogen (secondary N) is 1. The lowest BCUT2D eigenvalue weighted by molar-refractivity contribution is 0.0689. The Labute approximate surface area is 169 Å². The molecule has 3 rings (SSSR count). The van der Waals surface area contributed by atoms with Gasteiger partial charge in [-0.15, -0.1) is 0 Å². The van der Waals surface area contributed by atoms with Crippen LogP contribution in [0, 0.1) is 11.6 Å². The van der Waals surface area contributed by atoms with E-state index < -0.39 is 24.2 Å². The smallest absolute Gasteiger partial charge is 0.356 e. The Morgan fingerprint density at radius 2 is 1.73 bits per heavy atom. The summed E-state index contributed by atoms with van der Waals surface area (Å²) in [7, 11) is 4.06. The fraction of sp³-hybridized carbons (Fsp3) is 0.222. The van der Waals surface area contributed by atoms with Crippen molar-refractivity contribution in [1.29, 1.82) is 0 Å². The van der Waals surface area contributed by atoms with E-state index in [1.807, 2.05) is 0 Å². The molecule has 0 aliphatic heterocycles. The second-order valence-corrected chi connectivity index (χ2v) is 5.89. The van der Waals surface area contributed by atoms with Crippen LogP contribution in [0.2, 0.25) is 0 Å². The SMILES string of the molecule is COc1cc(OC)c(F)c(COc2cnc(Nc3cc(C(=O)O)nn3C)nc2)c1F. The standard InChI is InChI=1S/C18H17F2N5O5/c1-25-14(4-11(24-25)17(26)27)23-18-21-6-9(7-22-18)30-8-10-15(19)12(28-2)5-13(29-3)16(10)20/h4-7H,8H2,1-3H3,(H,26,27)(H,21,22,23). The van der Waals surface area contributed by atoms with Crippen molar-refractivity contribution in [2.45, 2.75) is 6.61 Å². The Morgan fingerprint density at radius 1 is 1.13 bits per heavy atom. The monoisotopic (exact) mass is 421 g/mol. The Balaban J connectivity index is 1.72. The number of hydrogen-bond donors (Lipinski definition) is 2. The van der Waals surface area contributed by atoms with Gasteiger partial charge in [0.2, 0.25) is 5.95 Å². The number of carboxylic acid groups (broad SMARTS) is 1. The number of benzene rings is 1. The zero-order valence-corrected chi connectivity index (χ0v) is 16.1. The number of aromatic nitrogens is 4. The van der Waals surface area contributed by atoms with Crippen LogP contribution in [0.15, 0.2) is 24.5 Å². The summed E-state index contributed by atoms with van der Waals surface area (Å²) in [6, 6.07) is 2.42. The van der Waals surface area contributed by atoms with E-state index in [0.717, 1.165) is 6.07 Å². The highest BCUT2D eigenvalue weighted by molar-refractivity contribution is 5.86. The normalized spacial score (nSPS) is 10.6. The van der Waals surface area contributed by atoms with Gasteiger partial charge in [-0.1, -0.05) is 0 Å². The summed E-state index contributed by atoms with van der Waals surface area (Å²) in [4.78, 5) is 19.0. The number of ether oxygens (including phenoxy) is 3. The molecule has 158 valence electrons. The molecular weight excluding hydrogens is 404 g/mol. The molecular formula is C18H17F2N5O5. The number of rotatable bonds is 8. The van der Waals surface area contributed by atoms with Gasteiger partial charge in [0, 0.05) is 19.2 Å². The van der Waals surface area contributed by atoms with Gasteiger partial charge in [0.1, 0.15) is 12.4 Å². The van der Waals surface area contributed by atoms with Crippen LogP contribution < -0.4 is 19.5 Å². The first-order chi connectivity index (χ1) is 14.3. The first-order valence-electron chi connectivity index (χ1n) is 8.42. The van der Waals surface area contributed by atoms with Crippen molar-refractivity contribution in [3.63, 3.8) is 0 Å². The molecule has 0 bridgehead atoms. The molecule has 0 amide bonds. The van der Waals surface area contributed by atoms with Crippen LogP contribution >= 0.6 is 0 Å². The lowest BCUT2D eigenvalue weighted by Gasteiger charge is -2.13. The van der Waals surface area contributed by atoms with Gasteiger partial charge in [-0.05, 0) is 0 Å². The van der Waals surface area contributed by atoms with E-state index in [-0.39, 0.29) is 34.5 Å². The fourth-order valence-corrected chi connectivity index (χ4v) is 2.48. The Kier molecular flexibility index (Phi) is 5.95. The van der Waals surface area contributed by atoms with Gasteiger partial charge in [0.05, 0.1) is 32.2 Å². The molecule has 0 aliphatic rings. The van der Waals surface area contributed by atoms with Gasteiger partial charge >= 0.3 is 5.97 Å². The molecule has 1 aromatic carbocycles. The summed E-state index contributed by atoms with van der Waals surface area (Å²) >= 11 is 0. The molecule has 0 saturated carbocycles. The number of anilines is 2. The molecule has 0 saturated heterocycles. The molecule has 2 aromatic heterocycles. The Bertz CT molecular complexity index is 1040. The maximum Gasteiger partial charge on any atom is 0.356 e. The summed E-state index contributed by atoms with van der Waals surface area (Å²) < 4.78 is 45.2. The second-order valence-electron chi connectivity index (χ2n) is 5.89. The minimum atomic E-state index is -1.17. The number of hydrogen-bond acceptors (Lipinski definition) is 8. The fourth-order valence-electron chi connectivity index (χ4n) is 2.48. The summed E-state index contributed by atoms with van der Waals surface area (Å²) in [5, 5.41) is 15.6. The van der Waals surface area contributed by atoms with Gasteiger partial charge in [-0.25, -0.2) is 23.5 Å². The van der Waals surface area contributed by atoms with Crippen LogP contribution in [0.25, 0.3) is 0 Å². The van der Waals surface area contributed by atoms with Crippen molar-refractivity contribution in [2.24, 2.45) is 7.05 Å². The first-order valence-corrected chi connectivity index (χ1v) is 8.42. The van der Waals surface area contributed by atoms with Crippen LogP contribution in [0.3, 0.4) is 0 Å². The first kappa shape index (κ1) is 20.8. The van der Waals surface area contributed by atoms with E-state index in [1.165, 1.54) is 37.4 Å². The third-order valence-corrected chi connectivity index (χ3v) is 4.01. The molecule has 12 heteroatoms. The van der Waals surface area contributed by atoms with Crippen LogP contribution in [-0.2, 0) is 13.7 Å². The Hall–Kier alpha value is -3.96. The maximum atomic E-state index is 14.4. The average molecular weight is 421 g/mol. The third-order valence-electron chi connectivity index (χ3n) is 4.01. The quantitative estimate of drug-likeness (QED) is 0.565. The van der Waals surface area contributed by atoms with E-state index >= 15 is 0 Å². The van der Waals surface area contributed by atoms with Crippen molar-refractivity contribution in [3.8, 4) is 17.2 Å². The molecule has 0 spiro atoms. The highest BCUT2D eigenvalue weighted by Gasteiger charge is 2.20. The lowest BCUT2D eigenvalue weighted by atomic mass is 10.1. The van der Waals surface area contributed by atoms with Crippen molar-refractivity contribution in [2.75, 3.05) is 19.5 Å². The van der Waals surface area contributed by atoms with Crippen molar-refractivity contribution < 1.29 is 32.9 Å². The minimum Gasteiger partial charge on any atom is -0.494 e. The van der Waals surface area contributed by atoms with Crippen LogP contribution in [0.4, 0.5) is 20.5 Å². The molecule has 30 heavy (non-hydrogen) atoms. The van der Waals surface area contributed by atoms with Gasteiger partial charge in [0.25, 0.3) is 0 Å². The Morgan fingerprint density at radius 3 is 2.23 bits per heavy atom. The molecule has 0 fully saturated rings. The molecule has 0 aliphatic carbocycles. The topological polar surface area (TPSA) is 121 Å². The van der Waals surface area contributed by atoms with E-state index in [4.69, 9.17) is 19.3 Å². The van der Waals surface area contributed by atoms with E-state index in [1.54, 1.807) is 7.05 Å². The van der Waals surface area contributed by atoms with Crippen LogP contribution in [-0.4, -0.2) is 45.0 Å². The molecule has 0 radical (unpaired) electrons. The van der Waals surface area contributed by atoms with Crippen LogP contribution in [0.1, 0.15) is 16.1 Å². The zero-order chi connectivity index (χ0) is 21.8. The van der Waals surface area contributed by atoms with E-state index in [0.29, 0.717) is 5.82 Å². The van der Waals surface area contributed by atoms with Gasteiger partial charge in [0.15, 0.2) is 34.6 Å². The predicted octanol–water partition coefficient (Wildman–Crippen LogP) is 2.53. The largest absolute Gasteiger partial charge is 0.494 e. The third kappa shape index (κ3) is 4.21. The number of nitrogens with zero attached hydrogens (tertiary/aromatic N) is 4. The number of halogens is 2. The van der Waals surface area contributed by atoms with Gasteiger partial charge in [-0.2, -0.15) is 5.10 Å². The average Bonchev–Trinajstić information content (AvgIpc) is 3.10. The van der Waals surface area contributed by atoms with E-state index in [9.17, 15) is 13.6 Å². The van der Waals surface area contributed by atoms with Crippen molar-refractivity contribution in [1.82, 2.24) is 19.7 Å². The highest BCUT2D eigenvalue weighted by atomic mass is 19.1. The number of methoxy groups -OCH3 is 2. The number of carbonyl (C=O) groups is 1. The molecule has 2 heterocycles. The lowest BCUT2D eigenvalue weighted by Crippen LogP contribution is -2.07. The summed E-state index contributed by atoms with van der Waals surface area (Å²) in [5.74, 6) is -2.69. The van der Waals surface area contributed by atoms with Crippen LogP contribution in [0.5, 0.6) is 17.2 Å². The number of aryl methyl sites for hydroxylation is 1. The second kappa shape index (κ2) is 8.59. The zero-order valence-electron chi connectivity index (χ0n) is 16.1. The molecule has 10 nitrogen and oxygen atoms in total. The number of carboxylic acids is 1. The van der Waals surface area contributed by atoms with E-state index in [2.05, 4.69) is 20.4 Å². The minimum absolute atomic E-state index is 0.141.